The van der Waals surface area contributed by atoms with Gasteiger partial charge in [-0.2, -0.15) is 0 Å². The molecule has 0 aromatic heterocycles. The lowest BCUT2D eigenvalue weighted by molar-refractivity contribution is 0.619. The third kappa shape index (κ3) is 2.62. The van der Waals surface area contributed by atoms with Crippen LogP contribution in [0.3, 0.4) is 0 Å². The highest BCUT2D eigenvalue weighted by molar-refractivity contribution is 5.60. The van der Waals surface area contributed by atoms with Gasteiger partial charge in [-0.25, -0.2) is 4.39 Å². The molecule has 20 heavy (non-hydrogen) atoms. The molecule has 2 N–H and O–H groups in total. The fourth-order valence-corrected chi connectivity index (χ4v) is 2.63. The van der Waals surface area contributed by atoms with Gasteiger partial charge in [0, 0.05) is 24.5 Å². The Labute approximate surface area is 119 Å². The van der Waals surface area contributed by atoms with E-state index >= 15 is 0 Å². The molecule has 3 heteroatoms. The molecule has 2 aromatic carbocycles. The Morgan fingerprint density at radius 3 is 3.00 bits per heavy atom. The van der Waals surface area contributed by atoms with Crippen molar-refractivity contribution in [2.24, 2.45) is 0 Å². The van der Waals surface area contributed by atoms with Crippen molar-refractivity contribution >= 4 is 11.4 Å². The Kier molecular flexibility index (Phi) is 3.59. The van der Waals surface area contributed by atoms with Crippen LogP contribution in [-0.4, -0.2) is 6.54 Å². The average molecular weight is 270 g/mol. The van der Waals surface area contributed by atoms with Gasteiger partial charge in [-0.05, 0) is 48.6 Å². The fourth-order valence-electron chi connectivity index (χ4n) is 2.63. The van der Waals surface area contributed by atoms with Crippen LogP contribution in [0.5, 0.6) is 0 Å². The Hall–Kier alpha value is -2.03. The monoisotopic (exact) mass is 270 g/mol. The van der Waals surface area contributed by atoms with Crippen LogP contribution < -0.4 is 10.6 Å². The lowest BCUT2D eigenvalue weighted by Crippen LogP contribution is -2.15. The number of benzene rings is 2. The molecule has 0 fully saturated rings. The lowest BCUT2D eigenvalue weighted by Gasteiger charge is -2.21. The average Bonchev–Trinajstić information content (AvgIpc) is 2.48. The van der Waals surface area contributed by atoms with Crippen LogP contribution in [0.15, 0.2) is 36.4 Å². The Morgan fingerprint density at radius 1 is 1.25 bits per heavy atom. The predicted octanol–water partition coefficient (Wildman–Crippen LogP) is 4.10. The zero-order valence-electron chi connectivity index (χ0n) is 11.7. The van der Waals surface area contributed by atoms with E-state index in [1.165, 1.54) is 23.2 Å². The van der Waals surface area contributed by atoms with Gasteiger partial charge in [0.25, 0.3) is 0 Å². The van der Waals surface area contributed by atoms with Gasteiger partial charge in [-0.15, -0.1) is 0 Å². The molecule has 0 saturated heterocycles. The highest BCUT2D eigenvalue weighted by Gasteiger charge is 2.11. The van der Waals surface area contributed by atoms with Gasteiger partial charge in [0.15, 0.2) is 0 Å². The molecule has 0 saturated carbocycles. The Morgan fingerprint density at radius 2 is 2.15 bits per heavy atom. The van der Waals surface area contributed by atoms with Crippen molar-refractivity contribution in [2.75, 3.05) is 17.2 Å². The summed E-state index contributed by atoms with van der Waals surface area (Å²) in [6, 6.07) is 11.7. The predicted molar refractivity (Wildman–Crippen MR) is 81.7 cm³/mol. The van der Waals surface area contributed by atoms with E-state index in [4.69, 9.17) is 0 Å². The first-order valence-electron chi connectivity index (χ1n) is 7.09. The van der Waals surface area contributed by atoms with Crippen LogP contribution in [0.25, 0.3) is 0 Å². The smallest absolute Gasteiger partial charge is 0.128 e. The molecule has 3 rings (SSSR count). The number of nitrogens with one attached hydrogen (secondary N) is 2. The molecule has 0 amide bonds. The number of rotatable bonds is 3. The minimum absolute atomic E-state index is 0.164. The number of hydrogen-bond donors (Lipinski definition) is 2. The van der Waals surface area contributed by atoms with E-state index in [2.05, 4.69) is 28.8 Å². The first-order chi connectivity index (χ1) is 9.74. The molecule has 2 nitrogen and oxygen atoms in total. The first-order valence-corrected chi connectivity index (χ1v) is 7.09. The number of anilines is 2. The minimum atomic E-state index is -0.164. The summed E-state index contributed by atoms with van der Waals surface area (Å²) in [5, 5.41) is 6.77. The van der Waals surface area contributed by atoms with Gasteiger partial charge < -0.3 is 10.6 Å². The summed E-state index contributed by atoms with van der Waals surface area (Å²) in [5.41, 5.74) is 5.36. The Balaban J connectivity index is 1.76. The van der Waals surface area contributed by atoms with Gasteiger partial charge in [0.1, 0.15) is 5.82 Å². The number of hydrogen-bond acceptors (Lipinski definition) is 2. The molecule has 0 aliphatic carbocycles. The van der Waals surface area contributed by atoms with E-state index in [0.29, 0.717) is 12.1 Å². The van der Waals surface area contributed by atoms with Gasteiger partial charge in [-0.1, -0.05) is 24.3 Å². The summed E-state index contributed by atoms with van der Waals surface area (Å²) in [5.74, 6) is -0.164. The third-order valence-corrected chi connectivity index (χ3v) is 3.82. The van der Waals surface area contributed by atoms with Gasteiger partial charge in [0.05, 0.1) is 0 Å². The fraction of sp³-hybridized carbons (Fsp3) is 0.294. The van der Waals surface area contributed by atoms with E-state index in [0.717, 1.165) is 18.7 Å². The number of aryl methyl sites for hydroxylation is 2. The molecule has 1 aliphatic rings. The highest BCUT2D eigenvalue weighted by Crippen LogP contribution is 2.26. The van der Waals surface area contributed by atoms with E-state index < -0.39 is 0 Å². The molecule has 0 spiro atoms. The van der Waals surface area contributed by atoms with Crippen molar-refractivity contribution in [1.29, 1.82) is 0 Å². The van der Waals surface area contributed by atoms with Crippen molar-refractivity contribution in [1.82, 2.24) is 0 Å². The van der Waals surface area contributed by atoms with Crippen LogP contribution in [-0.2, 0) is 13.0 Å². The maximum Gasteiger partial charge on any atom is 0.128 e. The number of para-hydroxylation sites is 1. The first kappa shape index (κ1) is 13.0. The Bertz CT molecular complexity index is 622. The van der Waals surface area contributed by atoms with Crippen molar-refractivity contribution < 1.29 is 4.39 Å². The van der Waals surface area contributed by atoms with E-state index in [9.17, 15) is 4.39 Å². The van der Waals surface area contributed by atoms with Crippen molar-refractivity contribution in [3.05, 3.63) is 58.9 Å². The summed E-state index contributed by atoms with van der Waals surface area (Å²) >= 11 is 0. The van der Waals surface area contributed by atoms with Gasteiger partial charge >= 0.3 is 0 Å². The van der Waals surface area contributed by atoms with E-state index in [1.54, 1.807) is 19.1 Å². The summed E-state index contributed by atoms with van der Waals surface area (Å²) in [6.07, 6.45) is 2.32. The zero-order chi connectivity index (χ0) is 13.9. The lowest BCUT2D eigenvalue weighted by atomic mass is 9.99. The molecule has 104 valence electrons. The number of fused-ring (bicyclic) bond motifs is 1. The third-order valence-electron chi connectivity index (χ3n) is 3.82. The molecule has 0 unspecified atom stereocenters. The molecule has 2 aromatic rings. The molecule has 0 atom stereocenters. The molecular formula is C17H19FN2. The van der Waals surface area contributed by atoms with Gasteiger partial charge in [0.2, 0.25) is 0 Å². The van der Waals surface area contributed by atoms with Crippen LogP contribution in [0, 0.1) is 12.7 Å². The minimum Gasteiger partial charge on any atom is -0.385 e. The van der Waals surface area contributed by atoms with Gasteiger partial charge in [-0.3, -0.25) is 0 Å². The van der Waals surface area contributed by atoms with Crippen molar-refractivity contribution in [2.45, 2.75) is 26.3 Å². The van der Waals surface area contributed by atoms with Crippen LogP contribution >= 0.6 is 0 Å². The maximum atomic E-state index is 13.5. The second-order valence-corrected chi connectivity index (χ2v) is 5.30. The summed E-state index contributed by atoms with van der Waals surface area (Å²) < 4.78 is 13.5. The van der Waals surface area contributed by atoms with Crippen LogP contribution in [0.2, 0.25) is 0 Å². The van der Waals surface area contributed by atoms with E-state index in [1.807, 2.05) is 6.07 Å². The second kappa shape index (κ2) is 5.53. The summed E-state index contributed by atoms with van der Waals surface area (Å²) in [6.45, 7) is 3.51. The maximum absolute atomic E-state index is 13.5. The molecular weight excluding hydrogens is 251 g/mol. The van der Waals surface area contributed by atoms with Crippen molar-refractivity contribution in [3.63, 3.8) is 0 Å². The second-order valence-electron chi connectivity index (χ2n) is 5.30. The topological polar surface area (TPSA) is 24.1 Å². The molecule has 1 heterocycles. The quantitative estimate of drug-likeness (QED) is 0.877. The zero-order valence-corrected chi connectivity index (χ0v) is 11.7. The summed E-state index contributed by atoms with van der Waals surface area (Å²) in [4.78, 5) is 0. The van der Waals surface area contributed by atoms with Crippen molar-refractivity contribution in [3.8, 4) is 0 Å². The van der Waals surface area contributed by atoms with Crippen LogP contribution in [0.4, 0.5) is 15.8 Å². The SMILES string of the molecule is Cc1ccc(NCc2cccc3c2NCCC3)cc1F. The van der Waals surface area contributed by atoms with Crippen LogP contribution in [0.1, 0.15) is 23.1 Å². The standard InChI is InChI=1S/C17H19FN2/c1-12-7-8-15(10-16(12)18)20-11-14-5-2-4-13-6-3-9-19-17(13)14/h2,4-5,7-8,10,19-20H,3,6,9,11H2,1H3. The largest absolute Gasteiger partial charge is 0.385 e. The molecule has 0 bridgehead atoms. The molecule has 0 radical (unpaired) electrons. The highest BCUT2D eigenvalue weighted by atomic mass is 19.1. The molecule has 1 aliphatic heterocycles. The summed E-state index contributed by atoms with van der Waals surface area (Å²) in [7, 11) is 0. The normalized spacial score (nSPS) is 13.5. The number of halogens is 1. The van der Waals surface area contributed by atoms with E-state index in [-0.39, 0.29) is 5.82 Å².